The fraction of sp³-hybridized carbons (Fsp3) is 0.231. The number of rotatable bonds is 4. The van der Waals surface area contributed by atoms with Crippen LogP contribution in [0.2, 0.25) is 0 Å². The van der Waals surface area contributed by atoms with Crippen LogP contribution in [0.1, 0.15) is 13.3 Å². The van der Waals surface area contributed by atoms with E-state index in [-0.39, 0.29) is 23.0 Å². The van der Waals surface area contributed by atoms with E-state index in [1.54, 1.807) is 19.1 Å². The Morgan fingerprint density at radius 2 is 2.22 bits per heavy atom. The minimum Gasteiger partial charge on any atom is -0.546 e. The van der Waals surface area contributed by atoms with E-state index < -0.39 is 12.1 Å². The summed E-state index contributed by atoms with van der Waals surface area (Å²) in [6.45, 7) is 1.66. The smallest absolute Gasteiger partial charge is 0.196 e. The lowest BCUT2D eigenvalue weighted by atomic mass is 10.2. The van der Waals surface area contributed by atoms with E-state index >= 15 is 0 Å². The topological polar surface area (TPSA) is 79.6 Å². The molecule has 2 rings (SSSR count). The minimum atomic E-state index is -1.31. The highest BCUT2D eigenvalue weighted by atomic mass is 16.5. The fourth-order valence-electron chi connectivity index (χ4n) is 1.65. The van der Waals surface area contributed by atoms with Gasteiger partial charge in [0.1, 0.15) is 22.8 Å². The predicted octanol–water partition coefficient (Wildman–Crippen LogP) is 0.700. The molecule has 1 heterocycles. The van der Waals surface area contributed by atoms with E-state index in [0.717, 1.165) is 0 Å². The summed E-state index contributed by atoms with van der Waals surface area (Å²) in [5, 5.41) is 11.1. The van der Waals surface area contributed by atoms with Crippen molar-refractivity contribution in [1.29, 1.82) is 0 Å². The van der Waals surface area contributed by atoms with Gasteiger partial charge in [-0.1, -0.05) is 13.0 Å². The van der Waals surface area contributed by atoms with Crippen LogP contribution in [-0.2, 0) is 4.79 Å². The second-order valence-corrected chi connectivity index (χ2v) is 3.75. The third kappa shape index (κ3) is 2.20. The molecule has 0 aliphatic carbocycles. The molecule has 1 atom stereocenters. The number of hydrogen-bond acceptors (Lipinski definition) is 5. The molecule has 1 aromatic carbocycles. The quantitative estimate of drug-likeness (QED) is 0.794. The van der Waals surface area contributed by atoms with Crippen molar-refractivity contribution in [3.8, 4) is 5.75 Å². The molecule has 94 valence electrons. The number of benzene rings is 1. The van der Waals surface area contributed by atoms with E-state index in [1.165, 1.54) is 18.4 Å². The molecule has 0 saturated heterocycles. The molecule has 0 fully saturated rings. The summed E-state index contributed by atoms with van der Waals surface area (Å²) in [5.74, 6) is -1.12. The molecule has 0 bridgehead atoms. The Morgan fingerprint density at radius 3 is 2.89 bits per heavy atom. The van der Waals surface area contributed by atoms with E-state index in [2.05, 4.69) is 0 Å². The van der Waals surface area contributed by atoms with Crippen LogP contribution in [0.25, 0.3) is 11.0 Å². The van der Waals surface area contributed by atoms with Crippen LogP contribution in [-0.4, -0.2) is 12.1 Å². The Hall–Kier alpha value is -2.30. The normalized spacial score (nSPS) is 12.3. The van der Waals surface area contributed by atoms with E-state index in [0.29, 0.717) is 5.58 Å². The van der Waals surface area contributed by atoms with Crippen molar-refractivity contribution in [1.82, 2.24) is 0 Å². The van der Waals surface area contributed by atoms with Gasteiger partial charge in [0.2, 0.25) is 0 Å². The SMILES string of the molecule is CCC(Oc1cccc2occc(=O)c12)C(=O)[O-]. The monoisotopic (exact) mass is 247 g/mol. The van der Waals surface area contributed by atoms with Gasteiger partial charge in [0.05, 0.1) is 12.2 Å². The Balaban J connectivity index is 2.51. The lowest BCUT2D eigenvalue weighted by molar-refractivity contribution is -0.313. The van der Waals surface area contributed by atoms with Gasteiger partial charge in [0.15, 0.2) is 5.43 Å². The molecule has 0 aliphatic heterocycles. The van der Waals surface area contributed by atoms with Gasteiger partial charge in [0.25, 0.3) is 0 Å². The lowest BCUT2D eigenvalue weighted by Crippen LogP contribution is -2.39. The molecule has 5 nitrogen and oxygen atoms in total. The summed E-state index contributed by atoms with van der Waals surface area (Å²) in [7, 11) is 0. The first-order valence-corrected chi connectivity index (χ1v) is 5.51. The maximum atomic E-state index is 11.7. The van der Waals surface area contributed by atoms with Crippen molar-refractivity contribution in [2.75, 3.05) is 0 Å². The molecule has 0 N–H and O–H groups in total. The molecule has 0 aliphatic rings. The second-order valence-electron chi connectivity index (χ2n) is 3.75. The first kappa shape index (κ1) is 12.2. The molecular formula is C13H11O5-. The number of carboxylic acids is 1. The summed E-state index contributed by atoms with van der Waals surface area (Å²) in [6.07, 6.45) is 0.441. The molecule has 1 aromatic heterocycles. The zero-order valence-electron chi connectivity index (χ0n) is 9.71. The summed E-state index contributed by atoms with van der Waals surface area (Å²) in [5.41, 5.74) is 0.0771. The molecule has 0 amide bonds. The molecule has 5 heteroatoms. The Kier molecular flexibility index (Phi) is 3.32. The molecule has 0 radical (unpaired) electrons. The second kappa shape index (κ2) is 4.91. The molecule has 1 unspecified atom stereocenters. The van der Waals surface area contributed by atoms with Crippen molar-refractivity contribution in [2.45, 2.75) is 19.4 Å². The predicted molar refractivity (Wildman–Crippen MR) is 62.2 cm³/mol. The van der Waals surface area contributed by atoms with Crippen molar-refractivity contribution in [3.05, 3.63) is 40.8 Å². The zero-order valence-corrected chi connectivity index (χ0v) is 9.71. The highest BCUT2D eigenvalue weighted by molar-refractivity contribution is 5.83. The number of carbonyl (C=O) groups excluding carboxylic acids is 1. The number of carbonyl (C=O) groups is 1. The van der Waals surface area contributed by atoms with Gasteiger partial charge >= 0.3 is 0 Å². The molecule has 0 spiro atoms. The van der Waals surface area contributed by atoms with Crippen LogP contribution >= 0.6 is 0 Å². The number of aliphatic carboxylic acids is 1. The van der Waals surface area contributed by atoms with E-state index in [9.17, 15) is 14.7 Å². The largest absolute Gasteiger partial charge is 0.546 e. The Bertz CT molecular complexity index is 623. The van der Waals surface area contributed by atoms with Gasteiger partial charge < -0.3 is 19.1 Å². The van der Waals surface area contributed by atoms with Gasteiger partial charge in [-0.3, -0.25) is 4.79 Å². The average Bonchev–Trinajstić information content (AvgIpc) is 2.35. The van der Waals surface area contributed by atoms with E-state index in [4.69, 9.17) is 9.15 Å². The number of ether oxygens (including phenoxy) is 1. The highest BCUT2D eigenvalue weighted by Crippen LogP contribution is 2.23. The summed E-state index contributed by atoms with van der Waals surface area (Å²) in [6, 6.07) is 6.03. The lowest BCUT2D eigenvalue weighted by Gasteiger charge is -2.18. The van der Waals surface area contributed by atoms with Gasteiger partial charge in [-0.05, 0) is 18.6 Å². The van der Waals surface area contributed by atoms with Crippen LogP contribution in [0.4, 0.5) is 0 Å². The Labute approximate surface area is 103 Å². The first-order valence-electron chi connectivity index (χ1n) is 5.51. The maximum Gasteiger partial charge on any atom is 0.196 e. The maximum absolute atomic E-state index is 11.7. The highest BCUT2D eigenvalue weighted by Gasteiger charge is 2.13. The van der Waals surface area contributed by atoms with Crippen molar-refractivity contribution in [3.63, 3.8) is 0 Å². The standard InChI is InChI=1S/C13H12O5/c1-2-9(13(15)16)18-11-5-3-4-10-12(11)8(14)6-7-17-10/h3-7,9H,2H2,1H3,(H,15,16)/p-1. The summed E-state index contributed by atoms with van der Waals surface area (Å²) >= 11 is 0. The third-order valence-corrected chi connectivity index (χ3v) is 2.55. The third-order valence-electron chi connectivity index (χ3n) is 2.55. The summed E-state index contributed by atoms with van der Waals surface area (Å²) in [4.78, 5) is 22.6. The van der Waals surface area contributed by atoms with Crippen LogP contribution in [0.15, 0.2) is 39.7 Å². The zero-order chi connectivity index (χ0) is 13.1. The number of hydrogen-bond donors (Lipinski definition) is 0. The van der Waals surface area contributed by atoms with Crippen molar-refractivity contribution < 1.29 is 19.1 Å². The minimum absolute atomic E-state index is 0.193. The van der Waals surface area contributed by atoms with E-state index in [1.807, 2.05) is 0 Å². The first-order chi connectivity index (χ1) is 8.63. The van der Waals surface area contributed by atoms with Crippen LogP contribution in [0.5, 0.6) is 5.75 Å². The number of carboxylic acid groups (broad SMARTS) is 1. The summed E-state index contributed by atoms with van der Waals surface area (Å²) < 4.78 is 10.5. The van der Waals surface area contributed by atoms with Crippen LogP contribution in [0.3, 0.4) is 0 Å². The van der Waals surface area contributed by atoms with Crippen molar-refractivity contribution in [2.24, 2.45) is 0 Å². The molecule has 0 saturated carbocycles. The fourth-order valence-corrected chi connectivity index (χ4v) is 1.65. The van der Waals surface area contributed by atoms with Gasteiger partial charge in [0, 0.05) is 6.07 Å². The van der Waals surface area contributed by atoms with Crippen LogP contribution in [0, 0.1) is 0 Å². The van der Waals surface area contributed by atoms with Gasteiger partial charge in [-0.15, -0.1) is 0 Å². The number of fused-ring (bicyclic) bond motifs is 1. The molecular weight excluding hydrogens is 236 g/mol. The van der Waals surface area contributed by atoms with Crippen molar-refractivity contribution >= 4 is 16.9 Å². The Morgan fingerprint density at radius 1 is 1.44 bits per heavy atom. The molecule has 2 aromatic rings. The molecule has 18 heavy (non-hydrogen) atoms. The van der Waals surface area contributed by atoms with Gasteiger partial charge in [-0.2, -0.15) is 0 Å². The van der Waals surface area contributed by atoms with Crippen LogP contribution < -0.4 is 15.3 Å². The van der Waals surface area contributed by atoms with Gasteiger partial charge in [-0.25, -0.2) is 0 Å². The average molecular weight is 247 g/mol.